The van der Waals surface area contributed by atoms with Crippen molar-refractivity contribution in [1.82, 2.24) is 0 Å². The average molecular weight is 155 g/mol. The number of aliphatic imine (C=N–C) groups is 1. The first-order valence-electron chi connectivity index (χ1n) is 4.81. The van der Waals surface area contributed by atoms with Crippen molar-refractivity contribution in [2.75, 3.05) is 6.54 Å². The molecule has 0 spiro atoms. The topological polar surface area (TPSA) is 12.4 Å². The van der Waals surface area contributed by atoms with Crippen LogP contribution in [0.3, 0.4) is 0 Å². The number of hydrogen-bond donors (Lipinski definition) is 0. The molecule has 1 heteroatoms. The summed E-state index contributed by atoms with van der Waals surface area (Å²) in [5.41, 5.74) is 0. The van der Waals surface area contributed by atoms with Crippen molar-refractivity contribution in [2.24, 2.45) is 10.9 Å². The Morgan fingerprint density at radius 1 is 1.27 bits per heavy atom. The first kappa shape index (κ1) is 10.7. The molecule has 0 bridgehead atoms. The Hall–Kier alpha value is -0.330. The molecule has 0 saturated carbocycles. The van der Waals surface area contributed by atoms with Crippen LogP contribution in [0.2, 0.25) is 0 Å². The fourth-order valence-electron chi connectivity index (χ4n) is 1.03. The van der Waals surface area contributed by atoms with Crippen LogP contribution < -0.4 is 0 Å². The van der Waals surface area contributed by atoms with Crippen molar-refractivity contribution in [3.63, 3.8) is 0 Å². The molecule has 0 aromatic carbocycles. The normalized spacial score (nSPS) is 14.1. The number of hydrogen-bond acceptors (Lipinski definition) is 1. The SMILES string of the molecule is CCCCN=CC(C)CCC. The van der Waals surface area contributed by atoms with Crippen LogP contribution in [0.1, 0.15) is 46.5 Å². The molecule has 0 amide bonds. The van der Waals surface area contributed by atoms with E-state index in [2.05, 4.69) is 32.0 Å². The summed E-state index contributed by atoms with van der Waals surface area (Å²) < 4.78 is 0. The van der Waals surface area contributed by atoms with Gasteiger partial charge in [-0.3, -0.25) is 4.99 Å². The predicted octanol–water partition coefficient (Wildman–Crippen LogP) is 3.29. The second kappa shape index (κ2) is 7.77. The molecule has 1 nitrogen and oxygen atoms in total. The van der Waals surface area contributed by atoms with Crippen molar-refractivity contribution >= 4 is 6.21 Å². The smallest absolute Gasteiger partial charge is 0.0385 e. The van der Waals surface area contributed by atoms with Gasteiger partial charge in [0.05, 0.1) is 0 Å². The van der Waals surface area contributed by atoms with E-state index in [0.29, 0.717) is 5.92 Å². The summed E-state index contributed by atoms with van der Waals surface area (Å²) >= 11 is 0. The molecule has 0 aromatic rings. The van der Waals surface area contributed by atoms with Crippen molar-refractivity contribution in [3.05, 3.63) is 0 Å². The van der Waals surface area contributed by atoms with Gasteiger partial charge < -0.3 is 0 Å². The van der Waals surface area contributed by atoms with Gasteiger partial charge in [-0.25, -0.2) is 0 Å². The van der Waals surface area contributed by atoms with Gasteiger partial charge in [-0.05, 0) is 18.8 Å². The lowest BCUT2D eigenvalue weighted by atomic mass is 10.1. The van der Waals surface area contributed by atoms with E-state index < -0.39 is 0 Å². The van der Waals surface area contributed by atoms with Crippen LogP contribution in [-0.2, 0) is 0 Å². The van der Waals surface area contributed by atoms with E-state index in [-0.39, 0.29) is 0 Å². The van der Waals surface area contributed by atoms with Crippen LogP contribution in [-0.4, -0.2) is 12.8 Å². The van der Waals surface area contributed by atoms with E-state index in [1.54, 1.807) is 0 Å². The lowest BCUT2D eigenvalue weighted by Crippen LogP contribution is -1.95. The average Bonchev–Trinajstić information content (AvgIpc) is 1.99. The van der Waals surface area contributed by atoms with E-state index in [1.165, 1.54) is 25.7 Å². The Morgan fingerprint density at radius 3 is 2.55 bits per heavy atom. The highest BCUT2D eigenvalue weighted by Gasteiger charge is 1.93. The van der Waals surface area contributed by atoms with E-state index >= 15 is 0 Å². The van der Waals surface area contributed by atoms with E-state index in [0.717, 1.165) is 6.54 Å². The van der Waals surface area contributed by atoms with Gasteiger partial charge >= 0.3 is 0 Å². The third-order valence-corrected chi connectivity index (χ3v) is 1.74. The number of nitrogens with zero attached hydrogens (tertiary/aromatic N) is 1. The Morgan fingerprint density at radius 2 is 2.00 bits per heavy atom. The summed E-state index contributed by atoms with van der Waals surface area (Å²) in [7, 11) is 0. The molecule has 0 saturated heterocycles. The molecule has 1 unspecified atom stereocenters. The lowest BCUT2D eigenvalue weighted by Gasteiger charge is -2.00. The Bertz CT molecular complexity index is 97.0. The van der Waals surface area contributed by atoms with Gasteiger partial charge in [0, 0.05) is 12.8 Å². The van der Waals surface area contributed by atoms with Crippen LogP contribution >= 0.6 is 0 Å². The summed E-state index contributed by atoms with van der Waals surface area (Å²) in [5.74, 6) is 0.678. The maximum absolute atomic E-state index is 4.35. The minimum atomic E-state index is 0.678. The molecule has 0 rings (SSSR count). The molecule has 1 atom stereocenters. The van der Waals surface area contributed by atoms with Gasteiger partial charge in [0.25, 0.3) is 0 Å². The third-order valence-electron chi connectivity index (χ3n) is 1.74. The first-order valence-corrected chi connectivity index (χ1v) is 4.81. The van der Waals surface area contributed by atoms with Crippen molar-refractivity contribution in [1.29, 1.82) is 0 Å². The van der Waals surface area contributed by atoms with E-state index in [4.69, 9.17) is 0 Å². The van der Waals surface area contributed by atoms with Gasteiger partial charge in [0.15, 0.2) is 0 Å². The van der Waals surface area contributed by atoms with Crippen LogP contribution in [0.15, 0.2) is 4.99 Å². The van der Waals surface area contributed by atoms with Gasteiger partial charge in [-0.1, -0.05) is 33.6 Å². The maximum Gasteiger partial charge on any atom is 0.0385 e. The predicted molar refractivity (Wildman–Crippen MR) is 52.3 cm³/mol. The molecule has 0 fully saturated rings. The summed E-state index contributed by atoms with van der Waals surface area (Å²) in [5, 5.41) is 0. The van der Waals surface area contributed by atoms with Gasteiger partial charge in [0.1, 0.15) is 0 Å². The van der Waals surface area contributed by atoms with Crippen molar-refractivity contribution in [2.45, 2.75) is 46.5 Å². The Balaban J connectivity index is 3.24. The summed E-state index contributed by atoms with van der Waals surface area (Å²) in [6.45, 7) is 7.67. The van der Waals surface area contributed by atoms with E-state index in [1.807, 2.05) is 0 Å². The molecule has 0 aliphatic heterocycles. The highest BCUT2D eigenvalue weighted by Crippen LogP contribution is 2.01. The van der Waals surface area contributed by atoms with Crippen LogP contribution in [0.4, 0.5) is 0 Å². The van der Waals surface area contributed by atoms with Crippen LogP contribution in [0, 0.1) is 5.92 Å². The summed E-state index contributed by atoms with van der Waals surface area (Å²) in [6, 6.07) is 0. The minimum absolute atomic E-state index is 0.678. The van der Waals surface area contributed by atoms with Crippen molar-refractivity contribution < 1.29 is 0 Å². The second-order valence-corrected chi connectivity index (χ2v) is 3.17. The Kier molecular flexibility index (Phi) is 7.54. The molecule has 0 aliphatic rings. The fourth-order valence-corrected chi connectivity index (χ4v) is 1.03. The monoisotopic (exact) mass is 155 g/mol. The molecule has 0 radical (unpaired) electrons. The molecule has 0 heterocycles. The highest BCUT2D eigenvalue weighted by molar-refractivity contribution is 5.59. The molecule has 11 heavy (non-hydrogen) atoms. The Labute approximate surface area is 70.9 Å². The molecular formula is C10H21N. The quantitative estimate of drug-likeness (QED) is 0.412. The van der Waals surface area contributed by atoms with Gasteiger partial charge in [-0.15, -0.1) is 0 Å². The molecule has 0 aliphatic carbocycles. The maximum atomic E-state index is 4.35. The fraction of sp³-hybridized carbons (Fsp3) is 0.900. The van der Waals surface area contributed by atoms with Crippen LogP contribution in [0.25, 0.3) is 0 Å². The molecule has 0 N–H and O–H groups in total. The molecule has 0 aromatic heterocycles. The first-order chi connectivity index (χ1) is 5.31. The highest BCUT2D eigenvalue weighted by atomic mass is 14.7. The van der Waals surface area contributed by atoms with Crippen LogP contribution in [0.5, 0.6) is 0 Å². The zero-order valence-electron chi connectivity index (χ0n) is 8.14. The number of unbranched alkanes of at least 4 members (excludes halogenated alkanes) is 1. The zero-order valence-corrected chi connectivity index (χ0v) is 8.14. The number of rotatable bonds is 6. The largest absolute Gasteiger partial charge is 0.297 e. The summed E-state index contributed by atoms with van der Waals surface area (Å²) in [4.78, 5) is 4.35. The minimum Gasteiger partial charge on any atom is -0.297 e. The molecule has 66 valence electrons. The third kappa shape index (κ3) is 7.57. The van der Waals surface area contributed by atoms with Crippen molar-refractivity contribution in [3.8, 4) is 0 Å². The lowest BCUT2D eigenvalue weighted by molar-refractivity contribution is 0.673. The summed E-state index contributed by atoms with van der Waals surface area (Å²) in [6.07, 6.45) is 7.13. The second-order valence-electron chi connectivity index (χ2n) is 3.17. The molecular weight excluding hydrogens is 134 g/mol. The zero-order chi connectivity index (χ0) is 8.53. The van der Waals surface area contributed by atoms with Gasteiger partial charge in [-0.2, -0.15) is 0 Å². The standard InChI is InChI=1S/C10H21N/c1-4-6-8-11-9-10(3)7-5-2/h9-10H,4-8H2,1-3H3. The van der Waals surface area contributed by atoms with E-state index in [9.17, 15) is 0 Å². The van der Waals surface area contributed by atoms with Gasteiger partial charge in [0.2, 0.25) is 0 Å².